The summed E-state index contributed by atoms with van der Waals surface area (Å²) in [5.41, 5.74) is 2.18. The molecular weight excluding hydrogens is 532 g/mol. The number of non-ortho nitro benzene ring substituents is 1. The van der Waals surface area contributed by atoms with Crippen molar-refractivity contribution in [2.75, 3.05) is 6.61 Å². The summed E-state index contributed by atoms with van der Waals surface area (Å²) in [5.74, 6) is -1.89. The van der Waals surface area contributed by atoms with Gasteiger partial charge in [-0.2, -0.15) is 0 Å². The quantitative estimate of drug-likeness (QED) is 0.144. The third kappa shape index (κ3) is 4.97. The van der Waals surface area contributed by atoms with E-state index in [2.05, 4.69) is 0 Å². The number of carbonyl (C=O) groups is 3. The third-order valence-electron chi connectivity index (χ3n) is 6.84. The highest BCUT2D eigenvalue weighted by Crippen LogP contribution is 2.45. The summed E-state index contributed by atoms with van der Waals surface area (Å²) in [6.07, 6.45) is 4.77. The molecule has 2 heterocycles. The van der Waals surface area contributed by atoms with E-state index in [4.69, 9.17) is 16.3 Å². The van der Waals surface area contributed by atoms with Crippen LogP contribution in [0.3, 0.4) is 0 Å². The summed E-state index contributed by atoms with van der Waals surface area (Å²) in [7, 11) is 0. The van der Waals surface area contributed by atoms with Crippen molar-refractivity contribution in [3.63, 3.8) is 0 Å². The molecule has 0 N–H and O–H groups in total. The predicted octanol–water partition coefficient (Wildman–Crippen LogP) is 6.05. The van der Waals surface area contributed by atoms with Gasteiger partial charge in [-0.05, 0) is 61.0 Å². The first kappa shape index (κ1) is 26.8. The highest BCUT2D eigenvalue weighted by Gasteiger charge is 2.48. The number of hydrogen-bond acceptors (Lipinski definition) is 7. The summed E-state index contributed by atoms with van der Waals surface area (Å²) in [4.78, 5) is 53.0. The van der Waals surface area contributed by atoms with E-state index in [0.29, 0.717) is 16.3 Å². The molecule has 200 valence electrons. The van der Waals surface area contributed by atoms with Gasteiger partial charge in [-0.25, -0.2) is 4.79 Å². The van der Waals surface area contributed by atoms with Crippen molar-refractivity contribution >= 4 is 34.8 Å². The largest absolute Gasteiger partial charge is 0.463 e. The molecule has 0 fully saturated rings. The minimum atomic E-state index is -0.832. The second kappa shape index (κ2) is 11.1. The number of ketones is 2. The molecule has 0 spiro atoms. The molecule has 8 nitrogen and oxygen atoms in total. The predicted molar refractivity (Wildman–Crippen MR) is 149 cm³/mol. The van der Waals surface area contributed by atoms with Gasteiger partial charge in [0.25, 0.3) is 5.69 Å². The van der Waals surface area contributed by atoms with Crippen LogP contribution in [0.15, 0.2) is 114 Å². The number of nitrogens with zero attached hydrogens (tertiary/aromatic N) is 2. The van der Waals surface area contributed by atoms with Gasteiger partial charge in [-0.15, -0.1) is 0 Å². The number of halogens is 1. The van der Waals surface area contributed by atoms with Crippen LogP contribution in [0.5, 0.6) is 0 Å². The van der Waals surface area contributed by atoms with Gasteiger partial charge in [-0.1, -0.05) is 41.9 Å². The lowest BCUT2D eigenvalue weighted by Gasteiger charge is -2.30. The van der Waals surface area contributed by atoms with Crippen LogP contribution in [0.4, 0.5) is 5.69 Å². The van der Waals surface area contributed by atoms with E-state index in [-0.39, 0.29) is 40.6 Å². The highest BCUT2D eigenvalue weighted by atomic mass is 35.5. The van der Waals surface area contributed by atoms with Crippen LogP contribution in [0.1, 0.15) is 39.1 Å². The van der Waals surface area contributed by atoms with Crippen molar-refractivity contribution < 1.29 is 24.0 Å². The number of hydrogen-bond donors (Lipinski definition) is 0. The Morgan fingerprint density at radius 1 is 0.950 bits per heavy atom. The molecule has 2 aliphatic rings. The van der Waals surface area contributed by atoms with Crippen molar-refractivity contribution in [1.29, 1.82) is 0 Å². The summed E-state index contributed by atoms with van der Waals surface area (Å²) in [5, 5.41) is 11.5. The zero-order valence-corrected chi connectivity index (χ0v) is 22.1. The van der Waals surface area contributed by atoms with Gasteiger partial charge in [0.1, 0.15) is 6.04 Å². The van der Waals surface area contributed by atoms with Crippen molar-refractivity contribution in [2.45, 2.75) is 18.9 Å². The van der Waals surface area contributed by atoms with Crippen LogP contribution in [-0.2, 0) is 9.53 Å². The number of nitro benzene ring substituents is 1. The third-order valence-corrected chi connectivity index (χ3v) is 7.09. The van der Waals surface area contributed by atoms with Crippen LogP contribution < -0.4 is 0 Å². The van der Waals surface area contributed by atoms with Gasteiger partial charge in [0.15, 0.2) is 11.6 Å². The number of nitro groups is 1. The molecule has 0 unspecified atom stereocenters. The zero-order valence-electron chi connectivity index (χ0n) is 21.3. The minimum Gasteiger partial charge on any atom is -0.463 e. The van der Waals surface area contributed by atoms with Gasteiger partial charge in [0.2, 0.25) is 0 Å². The Labute approximate surface area is 235 Å². The average molecular weight is 555 g/mol. The number of Topliss-reactive ketones (excluding diaryl/α,β-unsaturated/α-hetero) is 2. The van der Waals surface area contributed by atoms with E-state index >= 15 is 0 Å². The summed E-state index contributed by atoms with van der Waals surface area (Å²) < 4.78 is 5.44. The zero-order chi connectivity index (χ0) is 28.4. The molecule has 3 aromatic rings. The van der Waals surface area contributed by atoms with E-state index in [0.717, 1.165) is 5.56 Å². The fourth-order valence-electron chi connectivity index (χ4n) is 5.00. The molecule has 2 aliphatic heterocycles. The van der Waals surface area contributed by atoms with Crippen LogP contribution in [0.25, 0.3) is 0 Å². The topological polar surface area (TPSA) is 107 Å². The summed E-state index contributed by atoms with van der Waals surface area (Å²) in [6, 6.07) is 20.2. The van der Waals surface area contributed by atoms with E-state index in [1.54, 1.807) is 54.4 Å². The Morgan fingerprint density at radius 2 is 1.60 bits per heavy atom. The maximum Gasteiger partial charge on any atom is 0.336 e. The second-order valence-corrected chi connectivity index (χ2v) is 9.62. The molecular formula is C31H23ClN2O6. The lowest BCUT2D eigenvalue weighted by molar-refractivity contribution is -0.384. The molecule has 40 heavy (non-hydrogen) atoms. The van der Waals surface area contributed by atoms with Crippen molar-refractivity contribution in [1.82, 2.24) is 4.90 Å². The number of carbonyl (C=O) groups excluding carboxylic acids is 3. The standard InChI is InChI=1S/C31H23ClN2O6/c1-2-40-31(37)27-25-18-22(29(35)20-10-14-24(15-11-20)34(38)39)16-17-33(25)28(26(27)19-6-4-3-5-7-19)30(36)21-8-12-23(32)13-9-21/h3-18,26,28H,2H2,1H3/t26-,28+/m1/s1. The molecule has 0 amide bonds. The Hall–Kier alpha value is -4.82. The molecule has 0 aliphatic carbocycles. The molecule has 0 aromatic heterocycles. The average Bonchev–Trinajstić information content (AvgIpc) is 3.32. The fraction of sp³-hybridized carbons (Fsp3) is 0.129. The van der Waals surface area contributed by atoms with E-state index in [1.165, 1.54) is 24.3 Å². The number of allylic oxidation sites excluding steroid dienone is 3. The lowest BCUT2D eigenvalue weighted by atomic mass is 9.83. The van der Waals surface area contributed by atoms with Crippen LogP contribution in [-0.4, -0.2) is 40.0 Å². The SMILES string of the molecule is CCOC(=O)C1=C2C=C(C(=O)c3ccc([N+](=O)[O-])cc3)C=CN2[C@H](C(=O)c2ccc(Cl)cc2)[C@@H]1c1ccccc1. The van der Waals surface area contributed by atoms with Crippen LogP contribution >= 0.6 is 11.6 Å². The first-order valence-corrected chi connectivity index (χ1v) is 12.9. The van der Waals surface area contributed by atoms with Crippen molar-refractivity contribution in [3.8, 4) is 0 Å². The molecule has 0 bridgehead atoms. The normalized spacial score (nSPS) is 17.8. The highest BCUT2D eigenvalue weighted by molar-refractivity contribution is 6.30. The molecule has 3 aromatic carbocycles. The first-order chi connectivity index (χ1) is 19.3. The van der Waals surface area contributed by atoms with Gasteiger partial charge in [0.05, 0.1) is 22.8 Å². The summed E-state index contributed by atoms with van der Waals surface area (Å²) >= 11 is 6.06. The Kier molecular flexibility index (Phi) is 7.44. The van der Waals surface area contributed by atoms with Crippen molar-refractivity contribution in [3.05, 3.63) is 146 Å². The number of fused-ring (bicyclic) bond motifs is 1. The molecule has 0 saturated heterocycles. The number of benzene rings is 3. The number of ether oxygens (including phenoxy) is 1. The van der Waals surface area contributed by atoms with Gasteiger partial charge < -0.3 is 9.64 Å². The Bertz CT molecular complexity index is 1590. The first-order valence-electron chi connectivity index (χ1n) is 12.5. The molecule has 0 radical (unpaired) electrons. The second-order valence-electron chi connectivity index (χ2n) is 9.18. The van der Waals surface area contributed by atoms with Crippen molar-refractivity contribution in [2.24, 2.45) is 0 Å². The maximum atomic E-state index is 14.0. The van der Waals surface area contributed by atoms with Crippen LogP contribution in [0.2, 0.25) is 5.02 Å². The Balaban J connectivity index is 1.63. The summed E-state index contributed by atoms with van der Waals surface area (Å²) in [6.45, 7) is 1.82. The molecule has 2 atom stereocenters. The molecule has 9 heteroatoms. The lowest BCUT2D eigenvalue weighted by Crippen LogP contribution is -2.38. The monoisotopic (exact) mass is 554 g/mol. The number of rotatable bonds is 8. The van der Waals surface area contributed by atoms with E-state index < -0.39 is 22.9 Å². The van der Waals surface area contributed by atoms with E-state index in [9.17, 15) is 24.5 Å². The van der Waals surface area contributed by atoms with E-state index in [1.807, 2.05) is 30.3 Å². The number of esters is 1. The fourth-order valence-corrected chi connectivity index (χ4v) is 5.13. The Morgan fingerprint density at radius 3 is 2.23 bits per heavy atom. The van der Waals surface area contributed by atoms with Crippen LogP contribution in [0, 0.1) is 10.1 Å². The van der Waals surface area contributed by atoms with Gasteiger partial charge in [0, 0.05) is 46.0 Å². The molecule has 5 rings (SSSR count). The van der Waals surface area contributed by atoms with Gasteiger partial charge in [-0.3, -0.25) is 19.7 Å². The maximum absolute atomic E-state index is 14.0. The van der Waals surface area contributed by atoms with Gasteiger partial charge >= 0.3 is 5.97 Å². The minimum absolute atomic E-state index is 0.126. The molecule has 0 saturated carbocycles. The smallest absolute Gasteiger partial charge is 0.336 e.